The van der Waals surface area contributed by atoms with Gasteiger partial charge in [0.2, 0.25) is 0 Å². The Morgan fingerprint density at radius 3 is 2.58 bits per heavy atom. The molecule has 0 radical (unpaired) electrons. The number of nitrogens with zero attached hydrogens (tertiary/aromatic N) is 2. The van der Waals surface area contributed by atoms with E-state index in [4.69, 9.17) is 23.2 Å². The Kier molecular flexibility index (Phi) is 6.06. The molecule has 7 heteroatoms. The van der Waals surface area contributed by atoms with E-state index in [1.807, 2.05) is 6.07 Å². The molecule has 1 amide bonds. The first kappa shape index (κ1) is 18.0. The van der Waals surface area contributed by atoms with Crippen LogP contribution in [0.15, 0.2) is 23.3 Å². The Labute approximate surface area is 160 Å². The maximum Gasteiger partial charge on any atom is 0.267 e. The van der Waals surface area contributed by atoms with Gasteiger partial charge >= 0.3 is 0 Å². The number of rotatable bonds is 3. The molecular formula is C17H20BrCl2N3O. The third-order valence-electron chi connectivity index (χ3n) is 4.46. The maximum absolute atomic E-state index is 12.5. The Balaban J connectivity index is 1.71. The number of amides is 1. The summed E-state index contributed by atoms with van der Waals surface area (Å²) in [4.78, 5) is 12.5. The number of halogens is 3. The number of carbonyl (C=O) groups is 1. The highest BCUT2D eigenvalue weighted by molar-refractivity contribution is 9.09. The minimum atomic E-state index is -0.0916. The maximum atomic E-state index is 12.5. The van der Waals surface area contributed by atoms with E-state index in [1.165, 1.54) is 25.7 Å². The fraction of sp³-hybridized carbons (Fsp3) is 0.529. The van der Waals surface area contributed by atoms with Crippen LogP contribution in [0.5, 0.6) is 0 Å². The molecular weight excluding hydrogens is 413 g/mol. The molecule has 4 nitrogen and oxygen atoms in total. The summed E-state index contributed by atoms with van der Waals surface area (Å²) in [6.07, 6.45) is 7.56. The second kappa shape index (κ2) is 8.07. The van der Waals surface area contributed by atoms with Crippen LogP contribution in [0.1, 0.15) is 44.9 Å². The molecule has 130 valence electrons. The second-order valence-corrected chi connectivity index (χ2v) is 8.19. The van der Waals surface area contributed by atoms with Crippen LogP contribution in [0.3, 0.4) is 0 Å². The molecule has 0 aromatic heterocycles. The van der Waals surface area contributed by atoms with Crippen molar-refractivity contribution in [3.63, 3.8) is 0 Å². The lowest BCUT2D eigenvalue weighted by Gasteiger charge is -2.19. The molecule has 3 rings (SSSR count). The molecule has 0 bridgehead atoms. The first-order chi connectivity index (χ1) is 11.5. The molecule has 0 spiro atoms. The number of hydrazone groups is 1. The standard InChI is InChI=1S/C17H20BrCl2N3O/c18-16-10-14(17(24)21-12-5-3-1-2-4-6-12)22-23(16)15-8-7-11(19)9-13(15)20/h7-9,12,16H,1-6,10H2,(H,21,24). The highest BCUT2D eigenvalue weighted by Gasteiger charge is 2.31. The summed E-state index contributed by atoms with van der Waals surface area (Å²) < 4.78 is 0. The fourth-order valence-electron chi connectivity index (χ4n) is 3.18. The van der Waals surface area contributed by atoms with E-state index < -0.39 is 0 Å². The number of hydrogen-bond acceptors (Lipinski definition) is 3. The lowest BCUT2D eigenvalue weighted by atomic mass is 10.1. The number of anilines is 1. The molecule has 1 aliphatic carbocycles. The van der Waals surface area contributed by atoms with Crippen molar-refractivity contribution in [2.24, 2.45) is 5.10 Å². The van der Waals surface area contributed by atoms with Crippen molar-refractivity contribution in [1.29, 1.82) is 0 Å². The van der Waals surface area contributed by atoms with E-state index in [2.05, 4.69) is 26.3 Å². The van der Waals surface area contributed by atoms with Crippen molar-refractivity contribution in [2.75, 3.05) is 5.01 Å². The summed E-state index contributed by atoms with van der Waals surface area (Å²) in [6.45, 7) is 0. The van der Waals surface area contributed by atoms with Crippen molar-refractivity contribution in [2.45, 2.75) is 55.9 Å². The van der Waals surface area contributed by atoms with Gasteiger partial charge in [-0.25, -0.2) is 5.01 Å². The van der Waals surface area contributed by atoms with Gasteiger partial charge in [0, 0.05) is 17.5 Å². The topological polar surface area (TPSA) is 44.7 Å². The molecule has 1 saturated carbocycles. The molecule has 24 heavy (non-hydrogen) atoms. The van der Waals surface area contributed by atoms with Gasteiger partial charge in [-0.3, -0.25) is 4.79 Å². The monoisotopic (exact) mass is 431 g/mol. The molecule has 2 aliphatic rings. The van der Waals surface area contributed by atoms with Crippen molar-refractivity contribution >= 4 is 56.4 Å². The Bertz CT molecular complexity index is 645. The van der Waals surface area contributed by atoms with Crippen LogP contribution in [-0.2, 0) is 4.79 Å². The zero-order valence-corrected chi connectivity index (χ0v) is 16.4. The Morgan fingerprint density at radius 2 is 1.92 bits per heavy atom. The summed E-state index contributed by atoms with van der Waals surface area (Å²) in [7, 11) is 0. The zero-order chi connectivity index (χ0) is 17.1. The van der Waals surface area contributed by atoms with Crippen molar-refractivity contribution in [3.05, 3.63) is 28.2 Å². The minimum absolute atomic E-state index is 0.0704. The summed E-state index contributed by atoms with van der Waals surface area (Å²) in [5, 5.41) is 10.5. The van der Waals surface area contributed by atoms with Gasteiger partial charge in [0.05, 0.1) is 10.7 Å². The highest BCUT2D eigenvalue weighted by atomic mass is 79.9. The predicted octanol–water partition coefficient (Wildman–Crippen LogP) is 5.12. The quantitative estimate of drug-likeness (QED) is 0.409. The smallest absolute Gasteiger partial charge is 0.267 e. The lowest BCUT2D eigenvalue weighted by molar-refractivity contribution is -0.115. The molecule has 1 aromatic carbocycles. The average molecular weight is 433 g/mol. The number of alkyl halides is 1. The largest absolute Gasteiger partial charge is 0.348 e. The summed E-state index contributed by atoms with van der Waals surface area (Å²) >= 11 is 15.8. The molecule has 1 N–H and O–H groups in total. The normalized spacial score (nSPS) is 22.2. The molecule has 0 saturated heterocycles. The van der Waals surface area contributed by atoms with Gasteiger partial charge in [-0.05, 0) is 31.0 Å². The van der Waals surface area contributed by atoms with Gasteiger partial charge in [0.25, 0.3) is 5.91 Å². The molecule has 1 aromatic rings. The first-order valence-electron chi connectivity index (χ1n) is 8.31. The van der Waals surface area contributed by atoms with E-state index in [9.17, 15) is 4.79 Å². The minimum Gasteiger partial charge on any atom is -0.348 e. The lowest BCUT2D eigenvalue weighted by Crippen LogP contribution is -2.38. The number of hydrogen-bond donors (Lipinski definition) is 1. The number of benzene rings is 1. The van der Waals surface area contributed by atoms with Crippen LogP contribution in [0.4, 0.5) is 5.69 Å². The van der Waals surface area contributed by atoms with Crippen LogP contribution in [0, 0.1) is 0 Å². The van der Waals surface area contributed by atoms with Crippen molar-refractivity contribution < 1.29 is 4.79 Å². The van der Waals surface area contributed by atoms with E-state index in [-0.39, 0.29) is 16.9 Å². The van der Waals surface area contributed by atoms with E-state index in [1.54, 1.807) is 17.1 Å². The molecule has 1 aliphatic heterocycles. The molecule has 1 heterocycles. The Hall–Kier alpha value is -0.780. The first-order valence-corrected chi connectivity index (χ1v) is 9.98. The summed E-state index contributed by atoms with van der Waals surface area (Å²) in [5.41, 5.74) is 1.27. The van der Waals surface area contributed by atoms with Gasteiger partial charge in [0.1, 0.15) is 10.7 Å². The predicted molar refractivity (Wildman–Crippen MR) is 103 cm³/mol. The molecule has 1 atom stereocenters. The van der Waals surface area contributed by atoms with E-state index >= 15 is 0 Å². The van der Waals surface area contributed by atoms with Crippen molar-refractivity contribution in [1.82, 2.24) is 5.32 Å². The SMILES string of the molecule is O=C(NC1CCCCCC1)C1=NN(c2ccc(Cl)cc2Cl)C(Br)C1. The van der Waals surface area contributed by atoms with Crippen molar-refractivity contribution in [3.8, 4) is 0 Å². The van der Waals surface area contributed by atoms with E-state index in [0.717, 1.165) is 18.5 Å². The Morgan fingerprint density at radius 1 is 1.21 bits per heavy atom. The van der Waals surface area contributed by atoms with Gasteiger partial charge in [-0.2, -0.15) is 5.10 Å². The second-order valence-electron chi connectivity index (χ2n) is 6.29. The molecule has 1 fully saturated rings. The van der Waals surface area contributed by atoms with E-state index in [0.29, 0.717) is 22.2 Å². The third kappa shape index (κ3) is 4.24. The third-order valence-corrected chi connectivity index (χ3v) is 5.71. The molecule has 1 unspecified atom stereocenters. The number of nitrogens with one attached hydrogen (secondary N) is 1. The summed E-state index contributed by atoms with van der Waals surface area (Å²) in [5.74, 6) is -0.0704. The van der Waals surface area contributed by atoms with Gasteiger partial charge in [-0.1, -0.05) is 64.8 Å². The van der Waals surface area contributed by atoms with Crippen LogP contribution in [0.2, 0.25) is 10.0 Å². The highest BCUT2D eigenvalue weighted by Crippen LogP contribution is 2.35. The van der Waals surface area contributed by atoms with Crippen LogP contribution in [0.25, 0.3) is 0 Å². The van der Waals surface area contributed by atoms with Crippen LogP contribution >= 0.6 is 39.1 Å². The fourth-order valence-corrected chi connectivity index (χ4v) is 4.30. The summed E-state index contributed by atoms with van der Waals surface area (Å²) in [6, 6.07) is 5.53. The van der Waals surface area contributed by atoms with Gasteiger partial charge < -0.3 is 5.32 Å². The van der Waals surface area contributed by atoms with Crippen LogP contribution < -0.4 is 10.3 Å². The van der Waals surface area contributed by atoms with Gasteiger partial charge in [0.15, 0.2) is 0 Å². The number of carbonyl (C=O) groups excluding carboxylic acids is 1. The van der Waals surface area contributed by atoms with Gasteiger partial charge in [-0.15, -0.1) is 0 Å². The van der Waals surface area contributed by atoms with Crippen LogP contribution in [-0.4, -0.2) is 22.6 Å². The average Bonchev–Trinajstić information content (AvgIpc) is 2.75. The zero-order valence-electron chi connectivity index (χ0n) is 13.3.